The van der Waals surface area contributed by atoms with Gasteiger partial charge in [0.1, 0.15) is 0 Å². The Kier molecular flexibility index (Phi) is 6.32. The largest absolute Gasteiger partial charge is 0.0588 e. The molecule has 0 spiro atoms. The molecule has 0 fully saturated rings. The summed E-state index contributed by atoms with van der Waals surface area (Å²) in [5.74, 6) is 0. The third kappa shape index (κ3) is 5.53. The smallest absolute Gasteiger partial charge is 0.00258 e. The molecule has 0 saturated carbocycles. The van der Waals surface area contributed by atoms with Gasteiger partial charge in [-0.3, -0.25) is 0 Å². The lowest BCUT2D eigenvalue weighted by atomic mass is 9.99. The number of aryl methyl sites for hydroxylation is 2. The van der Waals surface area contributed by atoms with Crippen molar-refractivity contribution in [1.29, 1.82) is 0 Å². The van der Waals surface area contributed by atoms with Crippen LogP contribution >= 0.6 is 0 Å². The second-order valence-electron chi connectivity index (χ2n) is 7.14. The van der Waals surface area contributed by atoms with E-state index in [0.717, 1.165) is 6.42 Å². The van der Waals surface area contributed by atoms with Gasteiger partial charge in [0, 0.05) is 0 Å². The van der Waals surface area contributed by atoms with Crippen molar-refractivity contribution in [2.24, 2.45) is 0 Å². The predicted molar refractivity (Wildman–Crippen MR) is 100 cm³/mol. The predicted octanol–water partition coefficient (Wildman–Crippen LogP) is 6.50. The number of hydrogen-bond acceptors (Lipinski definition) is 0. The summed E-state index contributed by atoms with van der Waals surface area (Å²) in [6.07, 6.45) is 14.7. The molecule has 0 heterocycles. The standard InChI is InChI=1S/C23H30/c1-2-4-6-8-10-21-13-17-23(18-14-21)19-22-15-11-20(12-16-22)9-7-5-3-1/h11-18H,1-10,19H2. The first-order valence-corrected chi connectivity index (χ1v) is 9.56. The first-order valence-electron chi connectivity index (χ1n) is 9.56. The molecule has 0 amide bonds. The highest BCUT2D eigenvalue weighted by atomic mass is 14.1. The van der Waals surface area contributed by atoms with Crippen molar-refractivity contribution in [1.82, 2.24) is 0 Å². The molecular formula is C23H30. The molecule has 3 aliphatic carbocycles. The van der Waals surface area contributed by atoms with Gasteiger partial charge in [-0.2, -0.15) is 0 Å². The lowest BCUT2D eigenvalue weighted by molar-refractivity contribution is 0.567. The SMILES string of the molecule is c1cc2ccc1CCCCCCCCCCc1ccc(cc1)C2. The van der Waals surface area contributed by atoms with Crippen LogP contribution in [0.1, 0.15) is 73.6 Å². The average Bonchev–Trinajstić information content (AvgIpc) is 2.59. The summed E-state index contributed by atoms with van der Waals surface area (Å²) < 4.78 is 0. The molecule has 3 aliphatic rings. The van der Waals surface area contributed by atoms with Crippen LogP contribution in [0.2, 0.25) is 0 Å². The van der Waals surface area contributed by atoms with Gasteiger partial charge in [-0.05, 0) is 54.4 Å². The molecule has 0 saturated heterocycles. The minimum atomic E-state index is 1.06. The number of fused-ring (bicyclic) bond motifs is 2. The van der Waals surface area contributed by atoms with Gasteiger partial charge in [0.05, 0.1) is 0 Å². The lowest BCUT2D eigenvalue weighted by Crippen LogP contribution is -1.91. The molecule has 0 aromatic heterocycles. The monoisotopic (exact) mass is 306 g/mol. The molecule has 0 heteroatoms. The van der Waals surface area contributed by atoms with Crippen molar-refractivity contribution >= 4 is 0 Å². The zero-order valence-electron chi connectivity index (χ0n) is 14.4. The van der Waals surface area contributed by atoms with Crippen molar-refractivity contribution < 1.29 is 0 Å². The molecular weight excluding hydrogens is 276 g/mol. The van der Waals surface area contributed by atoms with Gasteiger partial charge in [0.15, 0.2) is 0 Å². The maximum Gasteiger partial charge on any atom is -0.00258 e. The van der Waals surface area contributed by atoms with E-state index in [-0.39, 0.29) is 0 Å². The van der Waals surface area contributed by atoms with Gasteiger partial charge in [-0.25, -0.2) is 0 Å². The fourth-order valence-electron chi connectivity index (χ4n) is 3.60. The molecule has 2 aromatic rings. The highest BCUT2D eigenvalue weighted by molar-refractivity contribution is 5.30. The van der Waals surface area contributed by atoms with Crippen molar-refractivity contribution in [3.63, 3.8) is 0 Å². The Morgan fingerprint density at radius 3 is 1.04 bits per heavy atom. The van der Waals surface area contributed by atoms with E-state index < -0.39 is 0 Å². The summed E-state index contributed by atoms with van der Waals surface area (Å²) in [5.41, 5.74) is 5.86. The Balaban J connectivity index is 1.67. The Hall–Kier alpha value is -1.56. The lowest BCUT2D eigenvalue weighted by Gasteiger charge is -2.06. The number of benzene rings is 2. The van der Waals surface area contributed by atoms with Gasteiger partial charge in [-0.1, -0.05) is 87.1 Å². The fourth-order valence-corrected chi connectivity index (χ4v) is 3.60. The van der Waals surface area contributed by atoms with Crippen molar-refractivity contribution in [3.05, 3.63) is 70.8 Å². The van der Waals surface area contributed by atoms with Crippen LogP contribution in [0.25, 0.3) is 0 Å². The minimum absolute atomic E-state index is 1.06. The third-order valence-electron chi connectivity index (χ3n) is 5.14. The molecule has 0 aliphatic heterocycles. The van der Waals surface area contributed by atoms with Gasteiger partial charge in [0.25, 0.3) is 0 Å². The molecule has 4 bridgehead atoms. The minimum Gasteiger partial charge on any atom is -0.0588 e. The Morgan fingerprint density at radius 2 is 0.652 bits per heavy atom. The second kappa shape index (κ2) is 8.91. The Labute approximate surface area is 141 Å². The van der Waals surface area contributed by atoms with E-state index in [4.69, 9.17) is 0 Å². The summed E-state index contributed by atoms with van der Waals surface area (Å²) in [5, 5.41) is 0. The summed E-state index contributed by atoms with van der Waals surface area (Å²) in [4.78, 5) is 0. The second-order valence-corrected chi connectivity index (χ2v) is 7.14. The highest BCUT2D eigenvalue weighted by Crippen LogP contribution is 2.17. The third-order valence-corrected chi connectivity index (χ3v) is 5.14. The van der Waals surface area contributed by atoms with E-state index in [1.807, 2.05) is 0 Å². The van der Waals surface area contributed by atoms with E-state index in [9.17, 15) is 0 Å². The number of hydrogen-bond donors (Lipinski definition) is 0. The molecule has 0 N–H and O–H groups in total. The topological polar surface area (TPSA) is 0 Å². The van der Waals surface area contributed by atoms with Gasteiger partial charge in [-0.15, -0.1) is 0 Å². The average molecular weight is 306 g/mol. The molecule has 0 atom stereocenters. The van der Waals surface area contributed by atoms with E-state index in [2.05, 4.69) is 48.5 Å². The van der Waals surface area contributed by atoms with Crippen LogP contribution in [0.15, 0.2) is 48.5 Å². The molecule has 122 valence electrons. The zero-order chi connectivity index (χ0) is 15.7. The Morgan fingerprint density at radius 1 is 0.348 bits per heavy atom. The van der Waals surface area contributed by atoms with Crippen molar-refractivity contribution in [2.45, 2.75) is 70.6 Å². The van der Waals surface area contributed by atoms with Crippen LogP contribution in [-0.4, -0.2) is 0 Å². The van der Waals surface area contributed by atoms with Crippen LogP contribution in [0.3, 0.4) is 0 Å². The quantitative estimate of drug-likeness (QED) is 0.521. The van der Waals surface area contributed by atoms with Crippen molar-refractivity contribution in [2.75, 3.05) is 0 Å². The number of rotatable bonds is 0. The maximum atomic E-state index is 2.33. The summed E-state index contributed by atoms with van der Waals surface area (Å²) in [6, 6.07) is 18.6. The van der Waals surface area contributed by atoms with Crippen LogP contribution in [0.4, 0.5) is 0 Å². The van der Waals surface area contributed by atoms with Gasteiger partial charge in [0.2, 0.25) is 0 Å². The van der Waals surface area contributed by atoms with Gasteiger partial charge < -0.3 is 0 Å². The van der Waals surface area contributed by atoms with Crippen molar-refractivity contribution in [3.8, 4) is 0 Å². The normalized spacial score (nSPS) is 17.4. The van der Waals surface area contributed by atoms with Crippen LogP contribution in [0.5, 0.6) is 0 Å². The summed E-state index contributed by atoms with van der Waals surface area (Å²) in [6.45, 7) is 0. The maximum absolute atomic E-state index is 2.33. The molecule has 23 heavy (non-hydrogen) atoms. The summed E-state index contributed by atoms with van der Waals surface area (Å²) >= 11 is 0. The molecule has 2 aromatic carbocycles. The first-order chi connectivity index (χ1) is 11.4. The fraction of sp³-hybridized carbons (Fsp3) is 0.478. The van der Waals surface area contributed by atoms with E-state index in [1.54, 1.807) is 0 Å². The van der Waals surface area contributed by atoms with Crippen LogP contribution in [0, 0.1) is 0 Å². The first kappa shape index (κ1) is 16.3. The van der Waals surface area contributed by atoms with E-state index in [1.165, 1.54) is 86.5 Å². The van der Waals surface area contributed by atoms with Crippen LogP contribution < -0.4 is 0 Å². The molecule has 5 rings (SSSR count). The molecule has 0 unspecified atom stereocenters. The van der Waals surface area contributed by atoms with Crippen LogP contribution in [-0.2, 0) is 19.3 Å². The molecule has 0 radical (unpaired) electrons. The Bertz CT molecular complexity index is 508. The zero-order valence-corrected chi connectivity index (χ0v) is 14.4. The summed E-state index contributed by atoms with van der Waals surface area (Å²) in [7, 11) is 0. The van der Waals surface area contributed by atoms with E-state index >= 15 is 0 Å². The highest BCUT2D eigenvalue weighted by Gasteiger charge is 2.01. The molecule has 0 nitrogen and oxygen atoms in total. The van der Waals surface area contributed by atoms with E-state index in [0.29, 0.717) is 0 Å². The van der Waals surface area contributed by atoms with Gasteiger partial charge >= 0.3 is 0 Å².